The maximum atomic E-state index is 11.4. The Morgan fingerprint density at radius 2 is 1.84 bits per heavy atom. The van der Waals surface area contributed by atoms with Gasteiger partial charge in [-0.05, 0) is 17.9 Å². The van der Waals surface area contributed by atoms with Gasteiger partial charge in [-0.15, -0.1) is 0 Å². The highest BCUT2D eigenvalue weighted by molar-refractivity contribution is 5.75. The predicted octanol–water partition coefficient (Wildman–Crippen LogP) is 2.84. The molecule has 0 fully saturated rings. The van der Waals surface area contributed by atoms with Gasteiger partial charge in [0.1, 0.15) is 6.61 Å². The predicted molar refractivity (Wildman–Crippen MR) is 68.6 cm³/mol. The van der Waals surface area contributed by atoms with E-state index in [1.807, 2.05) is 32.0 Å². The van der Waals surface area contributed by atoms with Crippen LogP contribution in [0.3, 0.4) is 0 Å². The van der Waals surface area contributed by atoms with E-state index in [9.17, 15) is 9.59 Å². The number of hydrogen-bond acceptors (Lipinski definition) is 4. The molecule has 0 aromatic heterocycles. The lowest BCUT2D eigenvalue weighted by Crippen LogP contribution is -2.28. The van der Waals surface area contributed by atoms with Crippen molar-refractivity contribution in [3.05, 3.63) is 35.9 Å². The van der Waals surface area contributed by atoms with Crippen LogP contribution in [0.2, 0.25) is 0 Å². The van der Waals surface area contributed by atoms with Gasteiger partial charge < -0.3 is 14.6 Å². The maximum absolute atomic E-state index is 11.4. The van der Waals surface area contributed by atoms with Gasteiger partial charge in [0.25, 0.3) is 0 Å². The number of rotatable bonds is 6. The monoisotopic (exact) mass is 266 g/mol. The molecule has 1 atom stereocenters. The fraction of sp³-hybridized carbons (Fsp3) is 0.429. The lowest BCUT2D eigenvalue weighted by atomic mass is 10.1. The van der Waals surface area contributed by atoms with Crippen molar-refractivity contribution < 1.29 is 24.2 Å². The Morgan fingerprint density at radius 1 is 1.21 bits per heavy atom. The largest absolute Gasteiger partial charge is 0.509 e. The van der Waals surface area contributed by atoms with Gasteiger partial charge in [0, 0.05) is 0 Å². The SMILES string of the molecule is CC(C)CC(OC(=O)OCc1ccccc1)C(=O)O. The van der Waals surface area contributed by atoms with E-state index in [-0.39, 0.29) is 18.9 Å². The average molecular weight is 266 g/mol. The molecule has 0 bridgehead atoms. The normalized spacial score (nSPS) is 11.9. The summed E-state index contributed by atoms with van der Waals surface area (Å²) in [6, 6.07) is 9.10. The van der Waals surface area contributed by atoms with E-state index in [1.165, 1.54) is 0 Å². The zero-order valence-corrected chi connectivity index (χ0v) is 11.0. The summed E-state index contributed by atoms with van der Waals surface area (Å²) < 4.78 is 9.65. The highest BCUT2D eigenvalue weighted by Crippen LogP contribution is 2.10. The van der Waals surface area contributed by atoms with E-state index in [0.717, 1.165) is 5.56 Å². The van der Waals surface area contributed by atoms with Crippen molar-refractivity contribution in [2.24, 2.45) is 5.92 Å². The van der Waals surface area contributed by atoms with Crippen LogP contribution < -0.4 is 0 Å². The Balaban J connectivity index is 2.42. The Hall–Kier alpha value is -2.04. The molecule has 0 saturated carbocycles. The van der Waals surface area contributed by atoms with Gasteiger partial charge in [-0.1, -0.05) is 44.2 Å². The summed E-state index contributed by atoms with van der Waals surface area (Å²) in [6.45, 7) is 3.77. The Morgan fingerprint density at radius 3 is 2.37 bits per heavy atom. The Bertz CT molecular complexity index is 413. The summed E-state index contributed by atoms with van der Waals surface area (Å²) in [5.74, 6) is -1.05. The first-order valence-electron chi connectivity index (χ1n) is 6.09. The van der Waals surface area contributed by atoms with Crippen molar-refractivity contribution in [1.82, 2.24) is 0 Å². The fourth-order valence-electron chi connectivity index (χ4n) is 1.49. The molecule has 0 heterocycles. The summed E-state index contributed by atoms with van der Waals surface area (Å²) >= 11 is 0. The standard InChI is InChI=1S/C14H18O5/c1-10(2)8-12(13(15)16)19-14(17)18-9-11-6-4-3-5-7-11/h3-7,10,12H,8-9H2,1-2H3,(H,15,16). The van der Waals surface area contributed by atoms with Crippen LogP contribution in [0.5, 0.6) is 0 Å². The quantitative estimate of drug-likeness (QED) is 0.801. The average Bonchev–Trinajstić information content (AvgIpc) is 2.36. The molecule has 0 aliphatic carbocycles. The van der Waals surface area contributed by atoms with E-state index in [1.54, 1.807) is 12.1 Å². The highest BCUT2D eigenvalue weighted by Gasteiger charge is 2.24. The van der Waals surface area contributed by atoms with Gasteiger partial charge in [0.05, 0.1) is 0 Å². The van der Waals surface area contributed by atoms with Gasteiger partial charge in [0.2, 0.25) is 6.10 Å². The lowest BCUT2D eigenvalue weighted by Gasteiger charge is -2.15. The number of aliphatic carboxylic acids is 1. The zero-order chi connectivity index (χ0) is 14.3. The molecule has 1 aromatic rings. The molecular weight excluding hydrogens is 248 g/mol. The minimum Gasteiger partial charge on any atom is -0.479 e. The molecule has 1 aromatic carbocycles. The molecule has 0 radical (unpaired) electrons. The molecule has 0 saturated heterocycles. The van der Waals surface area contributed by atoms with Crippen LogP contribution in [0.25, 0.3) is 0 Å². The van der Waals surface area contributed by atoms with E-state index < -0.39 is 18.2 Å². The van der Waals surface area contributed by atoms with Crippen LogP contribution in [0, 0.1) is 5.92 Å². The van der Waals surface area contributed by atoms with Crippen LogP contribution in [-0.4, -0.2) is 23.3 Å². The van der Waals surface area contributed by atoms with Gasteiger partial charge in [0.15, 0.2) is 0 Å². The second-order valence-electron chi connectivity index (χ2n) is 4.60. The Labute approximate surface area is 112 Å². The third-order valence-corrected chi connectivity index (χ3v) is 2.40. The number of carbonyl (C=O) groups is 2. The number of hydrogen-bond donors (Lipinski definition) is 1. The molecular formula is C14H18O5. The van der Waals surface area contributed by atoms with Gasteiger partial charge >= 0.3 is 12.1 Å². The van der Waals surface area contributed by atoms with Crippen molar-refractivity contribution in [2.45, 2.75) is 33.0 Å². The van der Waals surface area contributed by atoms with Crippen LogP contribution in [0.4, 0.5) is 4.79 Å². The molecule has 1 rings (SSSR count). The summed E-state index contributed by atoms with van der Waals surface area (Å²) in [5.41, 5.74) is 0.815. The minimum absolute atomic E-state index is 0.0632. The molecule has 1 unspecified atom stereocenters. The van der Waals surface area contributed by atoms with Crippen molar-refractivity contribution in [1.29, 1.82) is 0 Å². The Kier molecular flexibility index (Phi) is 5.85. The highest BCUT2D eigenvalue weighted by atomic mass is 16.7. The van der Waals surface area contributed by atoms with Crippen LogP contribution >= 0.6 is 0 Å². The van der Waals surface area contributed by atoms with Crippen molar-refractivity contribution in [3.63, 3.8) is 0 Å². The van der Waals surface area contributed by atoms with E-state index in [0.29, 0.717) is 0 Å². The van der Waals surface area contributed by atoms with Gasteiger partial charge in [-0.25, -0.2) is 9.59 Å². The smallest absolute Gasteiger partial charge is 0.479 e. The van der Waals surface area contributed by atoms with E-state index in [2.05, 4.69) is 0 Å². The van der Waals surface area contributed by atoms with Crippen molar-refractivity contribution in [2.75, 3.05) is 0 Å². The first-order valence-corrected chi connectivity index (χ1v) is 6.09. The topological polar surface area (TPSA) is 72.8 Å². The molecule has 0 amide bonds. The lowest BCUT2D eigenvalue weighted by molar-refractivity contribution is -0.149. The molecule has 1 N–H and O–H groups in total. The molecule has 104 valence electrons. The second kappa shape index (κ2) is 7.41. The summed E-state index contributed by atoms with van der Waals surface area (Å²) in [5, 5.41) is 8.92. The first-order chi connectivity index (χ1) is 8.99. The molecule has 5 nitrogen and oxygen atoms in total. The fourth-order valence-corrected chi connectivity index (χ4v) is 1.49. The molecule has 19 heavy (non-hydrogen) atoms. The minimum atomic E-state index is -1.16. The second-order valence-corrected chi connectivity index (χ2v) is 4.60. The number of carbonyl (C=O) groups excluding carboxylic acids is 1. The number of carboxylic acid groups (broad SMARTS) is 1. The summed E-state index contributed by atoms with van der Waals surface area (Å²) in [7, 11) is 0. The van der Waals surface area contributed by atoms with E-state index in [4.69, 9.17) is 14.6 Å². The third kappa shape index (κ3) is 5.90. The van der Waals surface area contributed by atoms with Gasteiger partial charge in [-0.2, -0.15) is 0 Å². The first kappa shape index (κ1) is 15.0. The maximum Gasteiger partial charge on any atom is 0.509 e. The molecule has 0 aliphatic heterocycles. The third-order valence-electron chi connectivity index (χ3n) is 2.40. The van der Waals surface area contributed by atoms with Crippen molar-refractivity contribution in [3.8, 4) is 0 Å². The van der Waals surface area contributed by atoms with E-state index >= 15 is 0 Å². The van der Waals surface area contributed by atoms with Gasteiger partial charge in [-0.3, -0.25) is 0 Å². The summed E-state index contributed by atoms with van der Waals surface area (Å²) in [6.07, 6.45) is -1.87. The number of ether oxygens (including phenoxy) is 2. The van der Waals surface area contributed by atoms with Crippen LogP contribution in [-0.2, 0) is 20.9 Å². The number of carboxylic acids is 1. The van der Waals surface area contributed by atoms with Crippen molar-refractivity contribution >= 4 is 12.1 Å². The zero-order valence-electron chi connectivity index (χ0n) is 11.0. The van der Waals surface area contributed by atoms with Crippen LogP contribution in [0.15, 0.2) is 30.3 Å². The van der Waals surface area contributed by atoms with Crippen LogP contribution in [0.1, 0.15) is 25.8 Å². The summed E-state index contributed by atoms with van der Waals surface area (Å²) in [4.78, 5) is 22.3. The molecule has 0 spiro atoms. The molecule has 0 aliphatic rings. The molecule has 5 heteroatoms. The number of benzene rings is 1.